The minimum Gasteiger partial charge on any atom is -0.482 e. The summed E-state index contributed by atoms with van der Waals surface area (Å²) < 4.78 is 6.08. The van der Waals surface area contributed by atoms with Crippen LogP contribution in [0, 0.1) is 0 Å². The van der Waals surface area contributed by atoms with Crippen molar-refractivity contribution < 1.29 is 4.74 Å². The van der Waals surface area contributed by atoms with Gasteiger partial charge in [-0.3, -0.25) is 4.98 Å². The Morgan fingerprint density at radius 3 is 2.55 bits per heavy atom. The highest BCUT2D eigenvalue weighted by Gasteiger charge is 2.13. The van der Waals surface area contributed by atoms with Gasteiger partial charge in [0.2, 0.25) is 0 Å². The molecule has 0 saturated carbocycles. The van der Waals surface area contributed by atoms with Crippen LogP contribution in [0.1, 0.15) is 11.7 Å². The molecule has 1 aromatic heterocycles. The SMILES string of the molecule is NCC(Oc1cccc2cccnc12)c1ccccc1. The first-order valence-electron chi connectivity index (χ1n) is 6.64. The molecule has 20 heavy (non-hydrogen) atoms. The van der Waals surface area contributed by atoms with E-state index in [2.05, 4.69) is 4.98 Å². The molecule has 0 radical (unpaired) electrons. The molecule has 2 aromatic carbocycles. The third-order valence-electron chi connectivity index (χ3n) is 3.25. The van der Waals surface area contributed by atoms with Crippen molar-refractivity contribution in [1.29, 1.82) is 0 Å². The molecule has 0 saturated heterocycles. The summed E-state index contributed by atoms with van der Waals surface area (Å²) in [6.07, 6.45) is 1.61. The lowest BCUT2D eigenvalue weighted by atomic mass is 10.1. The maximum absolute atomic E-state index is 6.08. The van der Waals surface area contributed by atoms with Crippen LogP contribution in [-0.2, 0) is 0 Å². The van der Waals surface area contributed by atoms with E-state index in [1.165, 1.54) is 0 Å². The highest BCUT2D eigenvalue weighted by atomic mass is 16.5. The van der Waals surface area contributed by atoms with E-state index in [0.717, 1.165) is 22.2 Å². The number of rotatable bonds is 4. The lowest BCUT2D eigenvalue weighted by molar-refractivity contribution is 0.216. The third kappa shape index (κ3) is 2.49. The predicted octanol–water partition coefficient (Wildman–Crippen LogP) is 3.31. The Morgan fingerprint density at radius 1 is 0.950 bits per heavy atom. The van der Waals surface area contributed by atoms with Crippen LogP contribution < -0.4 is 10.5 Å². The maximum atomic E-state index is 6.08. The molecule has 1 atom stereocenters. The zero-order valence-corrected chi connectivity index (χ0v) is 11.1. The number of fused-ring (bicyclic) bond motifs is 1. The number of hydrogen-bond donors (Lipinski definition) is 1. The highest BCUT2D eigenvalue weighted by molar-refractivity contribution is 5.84. The van der Waals surface area contributed by atoms with Crippen molar-refractivity contribution in [3.63, 3.8) is 0 Å². The third-order valence-corrected chi connectivity index (χ3v) is 3.25. The molecule has 3 heteroatoms. The molecule has 0 amide bonds. The second-order valence-corrected chi connectivity index (χ2v) is 4.58. The predicted molar refractivity (Wildman–Crippen MR) is 80.6 cm³/mol. The molecule has 0 bridgehead atoms. The number of nitrogens with zero attached hydrogens (tertiary/aromatic N) is 1. The fraction of sp³-hybridized carbons (Fsp3) is 0.118. The van der Waals surface area contributed by atoms with Crippen molar-refractivity contribution in [3.8, 4) is 5.75 Å². The van der Waals surface area contributed by atoms with E-state index >= 15 is 0 Å². The lowest BCUT2D eigenvalue weighted by Crippen LogP contribution is -2.18. The average molecular weight is 264 g/mol. The molecular weight excluding hydrogens is 248 g/mol. The summed E-state index contributed by atoms with van der Waals surface area (Å²) in [7, 11) is 0. The van der Waals surface area contributed by atoms with Crippen LogP contribution in [0.25, 0.3) is 10.9 Å². The Labute approximate surface area is 118 Å². The Kier molecular flexibility index (Phi) is 3.61. The molecule has 0 spiro atoms. The van der Waals surface area contributed by atoms with Crippen molar-refractivity contribution in [2.45, 2.75) is 6.10 Å². The van der Waals surface area contributed by atoms with E-state index in [1.807, 2.05) is 60.7 Å². The van der Waals surface area contributed by atoms with E-state index in [-0.39, 0.29) is 6.10 Å². The van der Waals surface area contributed by atoms with Gasteiger partial charge in [0.25, 0.3) is 0 Å². The number of nitrogens with two attached hydrogens (primary N) is 1. The summed E-state index contributed by atoms with van der Waals surface area (Å²) in [5, 5.41) is 1.06. The number of ether oxygens (including phenoxy) is 1. The van der Waals surface area contributed by atoms with Crippen molar-refractivity contribution in [2.75, 3.05) is 6.54 Å². The molecular formula is C17H16N2O. The van der Waals surface area contributed by atoms with Gasteiger partial charge < -0.3 is 10.5 Å². The van der Waals surface area contributed by atoms with Gasteiger partial charge in [-0.25, -0.2) is 0 Å². The van der Waals surface area contributed by atoms with Crippen LogP contribution in [0.15, 0.2) is 66.9 Å². The summed E-state index contributed by atoms with van der Waals surface area (Å²) in [6, 6.07) is 19.9. The van der Waals surface area contributed by atoms with E-state index in [1.54, 1.807) is 6.20 Å². The summed E-state index contributed by atoms with van der Waals surface area (Å²) in [6.45, 7) is 0.424. The van der Waals surface area contributed by atoms with Crippen LogP contribution >= 0.6 is 0 Å². The van der Waals surface area contributed by atoms with E-state index < -0.39 is 0 Å². The van der Waals surface area contributed by atoms with E-state index in [9.17, 15) is 0 Å². The van der Waals surface area contributed by atoms with Gasteiger partial charge in [-0.1, -0.05) is 48.5 Å². The van der Waals surface area contributed by atoms with Gasteiger partial charge in [0.05, 0.1) is 0 Å². The summed E-state index contributed by atoms with van der Waals surface area (Å²) in [5.74, 6) is 0.766. The smallest absolute Gasteiger partial charge is 0.146 e. The van der Waals surface area contributed by atoms with Crippen LogP contribution in [-0.4, -0.2) is 11.5 Å². The zero-order chi connectivity index (χ0) is 13.8. The van der Waals surface area contributed by atoms with E-state index in [4.69, 9.17) is 10.5 Å². The zero-order valence-electron chi connectivity index (χ0n) is 11.1. The first-order valence-corrected chi connectivity index (χ1v) is 6.64. The van der Waals surface area contributed by atoms with Gasteiger partial charge in [0.15, 0.2) is 0 Å². The minimum absolute atomic E-state index is 0.163. The van der Waals surface area contributed by atoms with Gasteiger partial charge in [-0.15, -0.1) is 0 Å². The quantitative estimate of drug-likeness (QED) is 0.786. The number of aromatic nitrogens is 1. The monoisotopic (exact) mass is 264 g/mol. The second-order valence-electron chi connectivity index (χ2n) is 4.58. The summed E-state index contributed by atoms with van der Waals surface area (Å²) >= 11 is 0. The number of benzene rings is 2. The molecule has 0 fully saturated rings. The number of hydrogen-bond acceptors (Lipinski definition) is 3. The van der Waals surface area contributed by atoms with Crippen molar-refractivity contribution >= 4 is 10.9 Å². The molecule has 3 aromatic rings. The van der Waals surface area contributed by atoms with Crippen molar-refractivity contribution in [1.82, 2.24) is 4.98 Å². The first-order chi connectivity index (χ1) is 9.88. The normalized spacial score (nSPS) is 12.2. The second kappa shape index (κ2) is 5.72. The molecule has 0 aliphatic rings. The van der Waals surface area contributed by atoms with Crippen LogP contribution in [0.3, 0.4) is 0 Å². The highest BCUT2D eigenvalue weighted by Crippen LogP contribution is 2.27. The molecule has 0 aliphatic carbocycles. The lowest BCUT2D eigenvalue weighted by Gasteiger charge is -2.18. The van der Waals surface area contributed by atoms with Crippen LogP contribution in [0.5, 0.6) is 5.75 Å². The largest absolute Gasteiger partial charge is 0.482 e. The molecule has 1 unspecified atom stereocenters. The average Bonchev–Trinajstić information content (AvgIpc) is 2.53. The van der Waals surface area contributed by atoms with Crippen molar-refractivity contribution in [2.24, 2.45) is 5.73 Å². The van der Waals surface area contributed by atoms with E-state index in [0.29, 0.717) is 6.54 Å². The van der Waals surface area contributed by atoms with Gasteiger partial charge in [-0.05, 0) is 17.7 Å². The summed E-state index contributed by atoms with van der Waals surface area (Å²) in [5.41, 5.74) is 7.79. The summed E-state index contributed by atoms with van der Waals surface area (Å²) in [4.78, 5) is 4.40. The minimum atomic E-state index is -0.163. The van der Waals surface area contributed by atoms with Crippen LogP contribution in [0.2, 0.25) is 0 Å². The molecule has 3 nitrogen and oxygen atoms in total. The molecule has 1 heterocycles. The number of para-hydroxylation sites is 1. The number of pyridine rings is 1. The standard InChI is InChI=1S/C17H16N2O/c18-12-16(13-6-2-1-3-7-13)20-15-10-4-8-14-9-5-11-19-17(14)15/h1-11,16H,12,18H2. The fourth-order valence-corrected chi connectivity index (χ4v) is 2.24. The van der Waals surface area contributed by atoms with Gasteiger partial charge in [0, 0.05) is 18.1 Å². The molecule has 0 aliphatic heterocycles. The van der Waals surface area contributed by atoms with Gasteiger partial charge in [0.1, 0.15) is 17.4 Å². The topological polar surface area (TPSA) is 48.1 Å². The van der Waals surface area contributed by atoms with Gasteiger partial charge >= 0.3 is 0 Å². The molecule has 3 rings (SSSR count). The Bertz CT molecular complexity index is 692. The van der Waals surface area contributed by atoms with Crippen molar-refractivity contribution in [3.05, 3.63) is 72.4 Å². The van der Waals surface area contributed by atoms with Crippen LogP contribution in [0.4, 0.5) is 0 Å². The fourth-order valence-electron chi connectivity index (χ4n) is 2.24. The Hall–Kier alpha value is -2.39. The molecule has 100 valence electrons. The Balaban J connectivity index is 1.96. The van der Waals surface area contributed by atoms with Gasteiger partial charge in [-0.2, -0.15) is 0 Å². The first kappa shape index (κ1) is 12.6. The molecule has 2 N–H and O–H groups in total. The Morgan fingerprint density at radius 2 is 1.75 bits per heavy atom. The maximum Gasteiger partial charge on any atom is 0.146 e.